The van der Waals surface area contributed by atoms with Crippen LogP contribution in [-0.2, 0) is 19.1 Å². The van der Waals surface area contributed by atoms with Gasteiger partial charge in [0.2, 0.25) is 0 Å². The Morgan fingerprint density at radius 3 is 2.30 bits per heavy atom. The first-order chi connectivity index (χ1) is 8.93. The highest BCUT2D eigenvalue weighted by Crippen LogP contribution is 2.30. The molecule has 1 heterocycles. The van der Waals surface area contributed by atoms with Crippen molar-refractivity contribution in [3.05, 3.63) is 11.8 Å². The summed E-state index contributed by atoms with van der Waals surface area (Å²) in [5.74, 6) is -0.510. The number of hydrogen-bond donors (Lipinski definition) is 1. The summed E-state index contributed by atoms with van der Waals surface area (Å²) in [4.78, 5) is 23.4. The SMILES string of the molecule is CC(C)(C)C(=O)OCC1=CC(=O)[C@H](O)[C@H](C(C)(C)C)O1. The molecule has 0 unspecified atom stereocenters. The van der Waals surface area contributed by atoms with Crippen molar-refractivity contribution >= 4 is 11.8 Å². The third-order valence-electron chi connectivity index (χ3n) is 2.97. The quantitative estimate of drug-likeness (QED) is 0.783. The van der Waals surface area contributed by atoms with Crippen molar-refractivity contribution in [1.82, 2.24) is 0 Å². The second-order valence-corrected chi connectivity index (χ2v) is 7.19. The van der Waals surface area contributed by atoms with Crippen molar-refractivity contribution in [2.75, 3.05) is 6.61 Å². The second kappa shape index (κ2) is 5.56. The van der Waals surface area contributed by atoms with Crippen LogP contribution >= 0.6 is 0 Å². The van der Waals surface area contributed by atoms with E-state index >= 15 is 0 Å². The molecule has 0 bridgehead atoms. The molecule has 0 spiro atoms. The minimum Gasteiger partial charge on any atom is -0.487 e. The van der Waals surface area contributed by atoms with Gasteiger partial charge in [-0.3, -0.25) is 9.59 Å². The molecule has 0 amide bonds. The molecule has 20 heavy (non-hydrogen) atoms. The Balaban J connectivity index is 2.75. The summed E-state index contributed by atoms with van der Waals surface area (Å²) in [5, 5.41) is 9.87. The molecular formula is C15H24O5. The number of aliphatic hydroxyl groups excluding tert-OH is 1. The minimum atomic E-state index is -1.18. The van der Waals surface area contributed by atoms with E-state index in [4.69, 9.17) is 9.47 Å². The van der Waals surface area contributed by atoms with Crippen molar-refractivity contribution in [3.8, 4) is 0 Å². The Labute approximate surface area is 119 Å². The van der Waals surface area contributed by atoms with E-state index in [0.717, 1.165) is 0 Å². The Morgan fingerprint density at radius 2 is 1.85 bits per heavy atom. The zero-order chi connectivity index (χ0) is 15.7. The number of carbonyl (C=O) groups is 2. The van der Waals surface area contributed by atoms with Gasteiger partial charge < -0.3 is 14.6 Å². The first-order valence-electron chi connectivity index (χ1n) is 6.69. The van der Waals surface area contributed by atoms with Gasteiger partial charge in [-0.15, -0.1) is 0 Å². The fourth-order valence-corrected chi connectivity index (χ4v) is 1.73. The Kier molecular flexibility index (Phi) is 4.64. The molecule has 0 saturated heterocycles. The molecule has 0 aromatic heterocycles. The molecule has 1 aliphatic rings. The lowest BCUT2D eigenvalue weighted by Gasteiger charge is -2.36. The minimum absolute atomic E-state index is 0.0961. The predicted octanol–water partition coefficient (Wildman–Crippen LogP) is 1.83. The van der Waals surface area contributed by atoms with E-state index in [9.17, 15) is 14.7 Å². The molecule has 0 aromatic carbocycles. The highest BCUT2D eigenvalue weighted by Gasteiger charge is 2.40. The summed E-state index contributed by atoms with van der Waals surface area (Å²) in [5.41, 5.74) is -1.01. The molecule has 0 radical (unpaired) electrons. The van der Waals surface area contributed by atoms with E-state index in [-0.39, 0.29) is 18.3 Å². The summed E-state index contributed by atoms with van der Waals surface area (Å²) >= 11 is 0. The van der Waals surface area contributed by atoms with Gasteiger partial charge in [-0.2, -0.15) is 0 Å². The third kappa shape index (κ3) is 4.07. The lowest BCUT2D eigenvalue weighted by Crippen LogP contribution is -2.47. The number of ketones is 1. The van der Waals surface area contributed by atoms with Crippen molar-refractivity contribution in [2.24, 2.45) is 10.8 Å². The van der Waals surface area contributed by atoms with Gasteiger partial charge in [0.25, 0.3) is 0 Å². The molecule has 1 aliphatic heterocycles. The number of rotatable bonds is 2. The topological polar surface area (TPSA) is 72.8 Å². The molecule has 1 rings (SSSR count). The van der Waals surface area contributed by atoms with Gasteiger partial charge in [-0.05, 0) is 20.8 Å². The van der Waals surface area contributed by atoms with Crippen LogP contribution in [0.25, 0.3) is 0 Å². The van der Waals surface area contributed by atoms with Crippen molar-refractivity contribution in [2.45, 2.75) is 53.8 Å². The fourth-order valence-electron chi connectivity index (χ4n) is 1.73. The largest absolute Gasteiger partial charge is 0.487 e. The standard InChI is InChI=1S/C15H24O5/c1-14(2,3)12-11(17)10(16)7-9(20-12)8-19-13(18)15(4,5)6/h7,11-12,17H,8H2,1-6H3/t11-,12+/m0/s1. The zero-order valence-corrected chi connectivity index (χ0v) is 13.0. The molecule has 5 nitrogen and oxygen atoms in total. The Hall–Kier alpha value is -1.36. The number of hydrogen-bond acceptors (Lipinski definition) is 5. The maximum absolute atomic E-state index is 11.8. The smallest absolute Gasteiger partial charge is 0.311 e. The van der Waals surface area contributed by atoms with Gasteiger partial charge in [-0.1, -0.05) is 20.8 Å². The number of ether oxygens (including phenoxy) is 2. The van der Waals surface area contributed by atoms with Crippen LogP contribution in [0.15, 0.2) is 11.8 Å². The van der Waals surface area contributed by atoms with E-state index in [1.54, 1.807) is 20.8 Å². The van der Waals surface area contributed by atoms with E-state index in [2.05, 4.69) is 0 Å². The molecule has 0 fully saturated rings. The molecule has 0 aliphatic carbocycles. The molecular weight excluding hydrogens is 260 g/mol. The van der Waals surface area contributed by atoms with Crippen LogP contribution in [0.4, 0.5) is 0 Å². The van der Waals surface area contributed by atoms with Crippen LogP contribution in [0, 0.1) is 10.8 Å². The van der Waals surface area contributed by atoms with Crippen LogP contribution in [0.5, 0.6) is 0 Å². The van der Waals surface area contributed by atoms with E-state index in [1.165, 1.54) is 6.08 Å². The Bertz CT molecular complexity index is 423. The predicted molar refractivity (Wildman–Crippen MR) is 73.8 cm³/mol. The normalized spacial score (nSPS) is 23.9. The average molecular weight is 284 g/mol. The second-order valence-electron chi connectivity index (χ2n) is 7.19. The van der Waals surface area contributed by atoms with Gasteiger partial charge in [0.15, 0.2) is 11.9 Å². The molecule has 5 heteroatoms. The maximum atomic E-state index is 11.8. The summed E-state index contributed by atoms with van der Waals surface area (Å²) in [7, 11) is 0. The molecule has 2 atom stereocenters. The summed E-state index contributed by atoms with van der Waals surface area (Å²) in [6, 6.07) is 0. The van der Waals surface area contributed by atoms with Gasteiger partial charge in [0.05, 0.1) is 5.41 Å². The lowest BCUT2D eigenvalue weighted by atomic mass is 9.83. The molecule has 0 aromatic rings. The number of carbonyl (C=O) groups excluding carboxylic acids is 2. The first-order valence-corrected chi connectivity index (χ1v) is 6.69. The van der Waals surface area contributed by atoms with Crippen LogP contribution in [0.3, 0.4) is 0 Å². The summed E-state index contributed by atoms with van der Waals surface area (Å²) in [6.45, 7) is 10.8. The van der Waals surface area contributed by atoms with Crippen molar-refractivity contribution in [3.63, 3.8) is 0 Å². The van der Waals surface area contributed by atoms with Crippen LogP contribution in [-0.4, -0.2) is 35.7 Å². The Morgan fingerprint density at radius 1 is 1.30 bits per heavy atom. The zero-order valence-electron chi connectivity index (χ0n) is 13.0. The van der Waals surface area contributed by atoms with E-state index in [0.29, 0.717) is 0 Å². The van der Waals surface area contributed by atoms with Gasteiger partial charge in [-0.25, -0.2) is 0 Å². The van der Waals surface area contributed by atoms with Crippen molar-refractivity contribution < 1.29 is 24.2 Å². The number of aliphatic hydroxyl groups is 1. The highest BCUT2D eigenvalue weighted by atomic mass is 16.6. The van der Waals surface area contributed by atoms with Gasteiger partial charge >= 0.3 is 5.97 Å². The average Bonchev–Trinajstić information content (AvgIpc) is 2.27. The lowest BCUT2D eigenvalue weighted by molar-refractivity contribution is -0.156. The monoisotopic (exact) mass is 284 g/mol. The molecule has 1 N–H and O–H groups in total. The van der Waals surface area contributed by atoms with Crippen LogP contribution in [0.1, 0.15) is 41.5 Å². The number of esters is 1. The van der Waals surface area contributed by atoms with Gasteiger partial charge in [0, 0.05) is 11.5 Å². The molecule has 114 valence electrons. The van der Waals surface area contributed by atoms with Crippen LogP contribution < -0.4 is 0 Å². The third-order valence-corrected chi connectivity index (χ3v) is 2.97. The van der Waals surface area contributed by atoms with E-state index < -0.39 is 28.8 Å². The van der Waals surface area contributed by atoms with Crippen molar-refractivity contribution in [1.29, 1.82) is 0 Å². The van der Waals surface area contributed by atoms with Crippen LogP contribution in [0.2, 0.25) is 0 Å². The fraction of sp³-hybridized carbons (Fsp3) is 0.733. The van der Waals surface area contributed by atoms with E-state index in [1.807, 2.05) is 20.8 Å². The summed E-state index contributed by atoms with van der Waals surface area (Å²) in [6.07, 6.45) is -0.636. The summed E-state index contributed by atoms with van der Waals surface area (Å²) < 4.78 is 10.7. The maximum Gasteiger partial charge on any atom is 0.311 e. The van der Waals surface area contributed by atoms with Gasteiger partial charge in [0.1, 0.15) is 18.5 Å². The first kappa shape index (κ1) is 16.7. The molecule has 0 saturated carbocycles. The highest BCUT2D eigenvalue weighted by molar-refractivity contribution is 5.95.